The van der Waals surface area contributed by atoms with Crippen LogP contribution < -0.4 is 0 Å². The number of aromatic nitrogens is 2. The molecule has 3 heteroatoms. The van der Waals surface area contributed by atoms with Crippen molar-refractivity contribution in [3.63, 3.8) is 0 Å². The van der Waals surface area contributed by atoms with E-state index in [1.165, 1.54) is 11.1 Å². The number of aromatic amines is 1. The van der Waals surface area contributed by atoms with Gasteiger partial charge in [-0.3, -0.25) is 4.98 Å². The molecule has 134 valence electrons. The molecule has 3 atom stereocenters. The lowest BCUT2D eigenvalue weighted by Gasteiger charge is -2.32. The van der Waals surface area contributed by atoms with Crippen LogP contribution in [0, 0.1) is 23.2 Å². The third-order valence-electron chi connectivity index (χ3n) is 5.85. The molecule has 3 aromatic rings. The fraction of sp³-hybridized carbons (Fsp3) is 0.250. The Bertz CT molecular complexity index is 1000. The van der Waals surface area contributed by atoms with E-state index in [0.717, 1.165) is 23.2 Å². The van der Waals surface area contributed by atoms with Gasteiger partial charge in [-0.1, -0.05) is 44.2 Å². The molecule has 0 spiro atoms. The Hall–Kier alpha value is -3.12. The number of pyridine rings is 1. The summed E-state index contributed by atoms with van der Waals surface area (Å²) in [6.45, 7) is 4.67. The van der Waals surface area contributed by atoms with Gasteiger partial charge in [-0.15, -0.1) is 0 Å². The summed E-state index contributed by atoms with van der Waals surface area (Å²) in [7, 11) is 0. The minimum Gasteiger partial charge on any atom is -0.367 e. The van der Waals surface area contributed by atoms with Crippen LogP contribution in [0.2, 0.25) is 0 Å². The highest BCUT2D eigenvalue weighted by Gasteiger charge is 2.30. The molecule has 0 saturated heterocycles. The number of nitrogens with one attached hydrogen (secondary N) is 1. The number of H-pyrrole nitrogens is 1. The SMILES string of the molecule is CC1Cc2c[nH]cc2C(/C=C/c2ccc(-c3ccccc3C#N)cn2)C1C. The first-order valence-corrected chi connectivity index (χ1v) is 9.46. The van der Waals surface area contributed by atoms with Gasteiger partial charge in [-0.25, -0.2) is 0 Å². The second-order valence-electron chi connectivity index (χ2n) is 7.49. The van der Waals surface area contributed by atoms with Crippen molar-refractivity contribution >= 4 is 6.08 Å². The number of rotatable bonds is 3. The number of nitrogens with zero attached hydrogens (tertiary/aromatic N) is 2. The third-order valence-corrected chi connectivity index (χ3v) is 5.85. The summed E-state index contributed by atoms with van der Waals surface area (Å²) in [5.74, 6) is 1.68. The largest absolute Gasteiger partial charge is 0.367 e. The summed E-state index contributed by atoms with van der Waals surface area (Å²) in [6.07, 6.45) is 11.7. The predicted octanol–water partition coefficient (Wildman–Crippen LogP) is 5.57. The highest BCUT2D eigenvalue weighted by molar-refractivity contribution is 5.70. The molecule has 0 fully saturated rings. The summed E-state index contributed by atoms with van der Waals surface area (Å²) < 4.78 is 0. The maximum atomic E-state index is 9.29. The molecular weight excluding hydrogens is 330 g/mol. The Balaban J connectivity index is 1.58. The lowest BCUT2D eigenvalue weighted by atomic mass is 9.72. The summed E-state index contributed by atoms with van der Waals surface area (Å²) >= 11 is 0. The Morgan fingerprint density at radius 3 is 2.78 bits per heavy atom. The van der Waals surface area contributed by atoms with Crippen LogP contribution in [-0.4, -0.2) is 9.97 Å². The van der Waals surface area contributed by atoms with Gasteiger partial charge in [0.25, 0.3) is 0 Å². The number of benzene rings is 1. The minimum atomic E-state index is 0.413. The average molecular weight is 353 g/mol. The minimum absolute atomic E-state index is 0.413. The van der Waals surface area contributed by atoms with Gasteiger partial charge >= 0.3 is 0 Å². The molecule has 0 amide bonds. The van der Waals surface area contributed by atoms with Crippen molar-refractivity contribution in [2.45, 2.75) is 26.2 Å². The highest BCUT2D eigenvalue weighted by atomic mass is 14.7. The molecule has 1 aliphatic carbocycles. The van der Waals surface area contributed by atoms with Crippen LogP contribution in [0.5, 0.6) is 0 Å². The van der Waals surface area contributed by atoms with Gasteiger partial charge in [0.05, 0.1) is 17.3 Å². The Morgan fingerprint density at radius 2 is 2.00 bits per heavy atom. The standard InChI is InChI=1S/C24H23N3/c1-16-11-20-13-26-15-24(20)22(17(16)2)10-9-21-8-7-19(14-27-21)23-6-4-3-5-18(23)12-25/h3-10,13-17,22,26H,11H2,1-2H3/b10-9+. The van der Waals surface area contributed by atoms with Crippen LogP contribution in [0.15, 0.2) is 61.1 Å². The molecule has 0 bridgehead atoms. The highest BCUT2D eigenvalue weighted by Crippen LogP contribution is 2.40. The van der Waals surface area contributed by atoms with Crippen molar-refractivity contribution in [1.82, 2.24) is 9.97 Å². The predicted molar refractivity (Wildman–Crippen MR) is 109 cm³/mol. The molecule has 1 aromatic carbocycles. The van der Waals surface area contributed by atoms with Crippen molar-refractivity contribution < 1.29 is 0 Å². The quantitative estimate of drug-likeness (QED) is 0.669. The molecule has 1 aliphatic rings. The number of hydrogen-bond acceptors (Lipinski definition) is 2. The molecular formula is C24H23N3. The van der Waals surface area contributed by atoms with Crippen molar-refractivity contribution in [2.24, 2.45) is 11.8 Å². The van der Waals surface area contributed by atoms with Gasteiger partial charge < -0.3 is 4.98 Å². The topological polar surface area (TPSA) is 52.5 Å². The smallest absolute Gasteiger partial charge is 0.0998 e. The summed E-state index contributed by atoms with van der Waals surface area (Å²) in [5, 5.41) is 9.29. The number of allylic oxidation sites excluding steroid dienone is 1. The van der Waals surface area contributed by atoms with E-state index in [1.54, 1.807) is 0 Å². The van der Waals surface area contributed by atoms with E-state index in [9.17, 15) is 5.26 Å². The lowest BCUT2D eigenvalue weighted by Crippen LogP contribution is -2.23. The first-order chi connectivity index (χ1) is 13.2. The fourth-order valence-corrected chi connectivity index (χ4v) is 4.04. The van der Waals surface area contributed by atoms with Crippen LogP contribution in [0.1, 0.15) is 42.1 Å². The van der Waals surface area contributed by atoms with E-state index < -0.39 is 0 Å². The molecule has 1 N–H and O–H groups in total. The summed E-state index contributed by atoms with van der Waals surface area (Å²) in [6, 6.07) is 13.9. The molecule has 0 aliphatic heterocycles. The molecule has 3 unspecified atom stereocenters. The molecule has 4 rings (SSSR count). The van der Waals surface area contributed by atoms with Gasteiger partial charge in [0, 0.05) is 35.6 Å². The van der Waals surface area contributed by atoms with E-state index in [-0.39, 0.29) is 0 Å². The van der Waals surface area contributed by atoms with Crippen molar-refractivity contribution in [3.8, 4) is 17.2 Å². The third kappa shape index (κ3) is 3.31. The van der Waals surface area contributed by atoms with Crippen molar-refractivity contribution in [1.29, 1.82) is 5.26 Å². The Labute approximate surface area is 160 Å². The maximum Gasteiger partial charge on any atom is 0.0998 e. The van der Waals surface area contributed by atoms with E-state index in [1.807, 2.05) is 42.6 Å². The Kier molecular flexibility index (Phi) is 4.64. The van der Waals surface area contributed by atoms with E-state index >= 15 is 0 Å². The average Bonchev–Trinajstić information content (AvgIpc) is 3.16. The number of hydrogen-bond donors (Lipinski definition) is 1. The zero-order valence-corrected chi connectivity index (χ0v) is 15.7. The molecule has 3 nitrogen and oxygen atoms in total. The van der Waals surface area contributed by atoms with Gasteiger partial charge in [-0.2, -0.15) is 5.26 Å². The molecule has 2 aromatic heterocycles. The summed E-state index contributed by atoms with van der Waals surface area (Å²) in [4.78, 5) is 7.87. The lowest BCUT2D eigenvalue weighted by molar-refractivity contribution is 0.333. The van der Waals surface area contributed by atoms with Gasteiger partial charge in [-0.05, 0) is 47.6 Å². The van der Waals surface area contributed by atoms with E-state index in [4.69, 9.17) is 0 Å². The normalized spacial score (nSPS) is 21.7. The van der Waals surface area contributed by atoms with E-state index in [2.05, 4.69) is 54.4 Å². The van der Waals surface area contributed by atoms with Gasteiger partial charge in [0.2, 0.25) is 0 Å². The van der Waals surface area contributed by atoms with Gasteiger partial charge in [0.15, 0.2) is 0 Å². The number of nitriles is 1. The van der Waals surface area contributed by atoms with E-state index in [0.29, 0.717) is 23.3 Å². The van der Waals surface area contributed by atoms with Crippen LogP contribution in [0.3, 0.4) is 0 Å². The second kappa shape index (κ2) is 7.25. The van der Waals surface area contributed by atoms with Crippen LogP contribution in [0.25, 0.3) is 17.2 Å². The van der Waals surface area contributed by atoms with Gasteiger partial charge in [0.1, 0.15) is 0 Å². The summed E-state index contributed by atoms with van der Waals surface area (Å²) in [5.41, 5.74) is 6.36. The van der Waals surface area contributed by atoms with Crippen LogP contribution >= 0.6 is 0 Å². The molecule has 0 radical (unpaired) electrons. The second-order valence-corrected chi connectivity index (χ2v) is 7.49. The fourth-order valence-electron chi connectivity index (χ4n) is 4.04. The van der Waals surface area contributed by atoms with Crippen LogP contribution in [-0.2, 0) is 6.42 Å². The zero-order valence-electron chi connectivity index (χ0n) is 15.7. The zero-order chi connectivity index (χ0) is 18.8. The number of fused-ring (bicyclic) bond motifs is 1. The van der Waals surface area contributed by atoms with Crippen molar-refractivity contribution in [3.05, 3.63) is 83.4 Å². The molecule has 2 heterocycles. The first-order valence-electron chi connectivity index (χ1n) is 9.46. The monoisotopic (exact) mass is 353 g/mol. The van der Waals surface area contributed by atoms with Crippen molar-refractivity contribution in [2.75, 3.05) is 0 Å². The maximum absolute atomic E-state index is 9.29. The molecule has 27 heavy (non-hydrogen) atoms. The Morgan fingerprint density at radius 1 is 1.15 bits per heavy atom. The molecule has 0 saturated carbocycles. The first kappa shape index (κ1) is 17.3. The van der Waals surface area contributed by atoms with Crippen LogP contribution in [0.4, 0.5) is 0 Å².